The van der Waals surface area contributed by atoms with E-state index in [1.165, 1.54) is 25.7 Å². The molecule has 0 bridgehead atoms. The number of carbonyl (C=O) groups excluding carboxylic acids is 1. The Morgan fingerprint density at radius 3 is 2.76 bits per heavy atom. The molecule has 1 aromatic heterocycles. The minimum atomic E-state index is -0.0285. The number of rotatable bonds is 7. The van der Waals surface area contributed by atoms with Crippen LogP contribution in [0.1, 0.15) is 62.1 Å². The first-order valence-corrected chi connectivity index (χ1v) is 6.50. The minimum absolute atomic E-state index is 0.0285. The van der Waals surface area contributed by atoms with Crippen molar-refractivity contribution in [2.75, 3.05) is 0 Å². The van der Waals surface area contributed by atoms with E-state index in [9.17, 15) is 4.79 Å². The largest absolute Gasteiger partial charge is 0.469 e. The summed E-state index contributed by atoms with van der Waals surface area (Å²) in [6.07, 6.45) is 7.55. The van der Waals surface area contributed by atoms with Gasteiger partial charge in [-0.2, -0.15) is 0 Å². The molecule has 0 saturated carbocycles. The molecule has 0 aromatic carbocycles. The van der Waals surface area contributed by atoms with Crippen molar-refractivity contribution in [3.63, 3.8) is 0 Å². The average Bonchev–Trinajstić information content (AvgIpc) is 2.71. The van der Waals surface area contributed by atoms with Crippen LogP contribution in [0.25, 0.3) is 0 Å². The van der Waals surface area contributed by atoms with Gasteiger partial charge in [0.1, 0.15) is 5.76 Å². The highest BCUT2D eigenvalue weighted by atomic mass is 16.3. The van der Waals surface area contributed by atoms with Gasteiger partial charge in [-0.25, -0.2) is 0 Å². The van der Waals surface area contributed by atoms with Gasteiger partial charge in [0.25, 0.3) is 5.91 Å². The third kappa shape index (κ3) is 4.63. The van der Waals surface area contributed by atoms with E-state index >= 15 is 0 Å². The van der Waals surface area contributed by atoms with Crippen molar-refractivity contribution in [1.82, 2.24) is 5.32 Å². The van der Waals surface area contributed by atoms with Gasteiger partial charge in [0.15, 0.2) is 0 Å². The predicted molar refractivity (Wildman–Crippen MR) is 69.1 cm³/mol. The van der Waals surface area contributed by atoms with E-state index in [-0.39, 0.29) is 11.9 Å². The smallest absolute Gasteiger partial charge is 0.255 e. The van der Waals surface area contributed by atoms with E-state index in [0.717, 1.165) is 6.42 Å². The van der Waals surface area contributed by atoms with Gasteiger partial charge in [0.05, 0.1) is 11.8 Å². The van der Waals surface area contributed by atoms with Gasteiger partial charge < -0.3 is 9.73 Å². The fourth-order valence-corrected chi connectivity index (χ4v) is 1.87. The number of hydrogen-bond acceptors (Lipinski definition) is 2. The second kappa shape index (κ2) is 7.15. The molecule has 1 rings (SSSR count). The summed E-state index contributed by atoms with van der Waals surface area (Å²) in [6.45, 7) is 6.06. The molecule has 3 nitrogen and oxygen atoms in total. The Morgan fingerprint density at radius 1 is 1.41 bits per heavy atom. The normalized spacial score (nSPS) is 12.4. The standard InChI is InChI=1S/C14H23NO2/c1-4-5-6-7-8-11(2)15-14(16)13-9-10-17-12(13)3/h9-11H,4-8H2,1-3H3,(H,15,16). The fraction of sp³-hybridized carbons (Fsp3) is 0.643. The van der Waals surface area contributed by atoms with Crippen LogP contribution < -0.4 is 5.32 Å². The third-order valence-electron chi connectivity index (χ3n) is 2.97. The van der Waals surface area contributed by atoms with E-state index < -0.39 is 0 Å². The van der Waals surface area contributed by atoms with Gasteiger partial charge >= 0.3 is 0 Å². The molecule has 1 unspecified atom stereocenters. The van der Waals surface area contributed by atoms with Crippen molar-refractivity contribution >= 4 is 5.91 Å². The van der Waals surface area contributed by atoms with E-state index in [1.54, 1.807) is 19.3 Å². The van der Waals surface area contributed by atoms with Crippen molar-refractivity contribution in [3.8, 4) is 0 Å². The maximum absolute atomic E-state index is 11.9. The lowest BCUT2D eigenvalue weighted by molar-refractivity contribution is 0.0936. The van der Waals surface area contributed by atoms with Crippen molar-refractivity contribution < 1.29 is 9.21 Å². The van der Waals surface area contributed by atoms with Crippen LogP contribution >= 0.6 is 0 Å². The molecule has 0 aliphatic heterocycles. The highest BCUT2D eigenvalue weighted by Crippen LogP contribution is 2.10. The zero-order valence-corrected chi connectivity index (χ0v) is 11.1. The SMILES string of the molecule is CCCCCCC(C)NC(=O)c1ccoc1C. The first-order valence-electron chi connectivity index (χ1n) is 6.50. The summed E-state index contributed by atoms with van der Waals surface area (Å²) in [5.41, 5.74) is 0.644. The molecule has 0 fully saturated rings. The molecule has 0 radical (unpaired) electrons. The first kappa shape index (κ1) is 13.8. The number of aryl methyl sites for hydroxylation is 1. The Morgan fingerprint density at radius 2 is 2.18 bits per heavy atom. The molecule has 0 saturated heterocycles. The maximum Gasteiger partial charge on any atom is 0.255 e. The Balaban J connectivity index is 2.29. The number of amides is 1. The zero-order valence-electron chi connectivity index (χ0n) is 11.1. The number of carbonyl (C=O) groups is 1. The van der Waals surface area contributed by atoms with Gasteiger partial charge in [0.2, 0.25) is 0 Å². The highest BCUT2D eigenvalue weighted by molar-refractivity contribution is 5.95. The highest BCUT2D eigenvalue weighted by Gasteiger charge is 2.13. The second-order valence-electron chi connectivity index (χ2n) is 4.61. The quantitative estimate of drug-likeness (QED) is 0.735. The van der Waals surface area contributed by atoms with Crippen LogP contribution in [0.15, 0.2) is 16.7 Å². The monoisotopic (exact) mass is 237 g/mol. The molecular weight excluding hydrogens is 214 g/mol. The summed E-state index contributed by atoms with van der Waals surface area (Å²) in [5.74, 6) is 0.653. The minimum Gasteiger partial charge on any atom is -0.469 e. The molecule has 0 spiro atoms. The van der Waals surface area contributed by atoms with Crippen LogP contribution in [0.2, 0.25) is 0 Å². The Bertz CT molecular complexity index is 344. The summed E-state index contributed by atoms with van der Waals surface area (Å²) in [4.78, 5) is 11.9. The molecule has 96 valence electrons. The Hall–Kier alpha value is -1.25. The molecule has 0 aliphatic rings. The number of unbranched alkanes of at least 4 members (excludes halogenated alkanes) is 3. The van der Waals surface area contributed by atoms with Crippen LogP contribution in [-0.2, 0) is 0 Å². The van der Waals surface area contributed by atoms with Crippen molar-refractivity contribution in [1.29, 1.82) is 0 Å². The van der Waals surface area contributed by atoms with Gasteiger partial charge in [-0.05, 0) is 26.3 Å². The Kier molecular flexibility index (Phi) is 5.81. The summed E-state index contributed by atoms with van der Waals surface area (Å²) in [7, 11) is 0. The molecule has 0 aliphatic carbocycles. The van der Waals surface area contributed by atoms with E-state index in [4.69, 9.17) is 4.42 Å². The molecule has 1 aromatic rings. The topological polar surface area (TPSA) is 42.2 Å². The summed E-state index contributed by atoms with van der Waals surface area (Å²) in [6, 6.07) is 1.95. The van der Waals surface area contributed by atoms with Crippen LogP contribution in [0.3, 0.4) is 0 Å². The third-order valence-corrected chi connectivity index (χ3v) is 2.97. The number of furan rings is 1. The van der Waals surface area contributed by atoms with Gasteiger partial charge in [0, 0.05) is 6.04 Å². The van der Waals surface area contributed by atoms with Crippen LogP contribution in [-0.4, -0.2) is 11.9 Å². The van der Waals surface area contributed by atoms with Crippen molar-refractivity contribution in [2.24, 2.45) is 0 Å². The van der Waals surface area contributed by atoms with E-state index in [1.807, 2.05) is 0 Å². The number of hydrogen-bond donors (Lipinski definition) is 1. The molecule has 3 heteroatoms. The van der Waals surface area contributed by atoms with E-state index in [2.05, 4.69) is 19.2 Å². The average molecular weight is 237 g/mol. The summed E-state index contributed by atoms with van der Waals surface area (Å²) in [5, 5.41) is 3.00. The lowest BCUT2D eigenvalue weighted by Crippen LogP contribution is -2.32. The molecule has 1 amide bonds. The lowest BCUT2D eigenvalue weighted by atomic mass is 10.1. The molecule has 17 heavy (non-hydrogen) atoms. The Labute approximate surface area is 104 Å². The second-order valence-corrected chi connectivity index (χ2v) is 4.61. The van der Waals surface area contributed by atoms with Crippen LogP contribution in [0.4, 0.5) is 0 Å². The van der Waals surface area contributed by atoms with Crippen LogP contribution in [0, 0.1) is 6.92 Å². The maximum atomic E-state index is 11.9. The number of nitrogens with one attached hydrogen (secondary N) is 1. The summed E-state index contributed by atoms with van der Waals surface area (Å²) < 4.78 is 5.12. The molecular formula is C14H23NO2. The van der Waals surface area contributed by atoms with Crippen LogP contribution in [0.5, 0.6) is 0 Å². The molecule has 1 heterocycles. The molecule has 1 N–H and O–H groups in total. The fourth-order valence-electron chi connectivity index (χ4n) is 1.87. The van der Waals surface area contributed by atoms with Gasteiger partial charge in [-0.1, -0.05) is 32.6 Å². The lowest BCUT2D eigenvalue weighted by Gasteiger charge is -2.13. The first-order chi connectivity index (χ1) is 8.15. The van der Waals surface area contributed by atoms with Crippen molar-refractivity contribution in [3.05, 3.63) is 23.7 Å². The molecule has 1 atom stereocenters. The van der Waals surface area contributed by atoms with Gasteiger partial charge in [-0.15, -0.1) is 0 Å². The van der Waals surface area contributed by atoms with Gasteiger partial charge in [-0.3, -0.25) is 4.79 Å². The summed E-state index contributed by atoms with van der Waals surface area (Å²) >= 11 is 0. The van der Waals surface area contributed by atoms with Crippen molar-refractivity contribution in [2.45, 2.75) is 58.9 Å². The van der Waals surface area contributed by atoms with E-state index in [0.29, 0.717) is 11.3 Å². The predicted octanol–water partition coefficient (Wildman–Crippen LogP) is 3.68. The zero-order chi connectivity index (χ0) is 12.7.